The molecule has 0 spiro atoms. The molecule has 0 unspecified atom stereocenters. The lowest BCUT2D eigenvalue weighted by Gasteiger charge is -2.35. The van der Waals surface area contributed by atoms with Crippen LogP contribution in [-0.4, -0.2) is 72.2 Å². The number of rotatable bonds is 5. The molecule has 0 saturated carbocycles. The van der Waals surface area contributed by atoms with E-state index in [2.05, 4.69) is 29.7 Å². The molecule has 2 aliphatic rings. The summed E-state index contributed by atoms with van der Waals surface area (Å²) in [5.41, 5.74) is 5.64. The Kier molecular flexibility index (Phi) is 6.33. The van der Waals surface area contributed by atoms with E-state index in [9.17, 15) is 9.59 Å². The Morgan fingerprint density at radius 1 is 0.889 bits per heavy atom. The minimum atomic E-state index is 0.150. The fourth-order valence-electron chi connectivity index (χ4n) is 4.60. The van der Waals surface area contributed by atoms with E-state index in [1.807, 2.05) is 11.8 Å². The zero-order valence-corrected chi connectivity index (χ0v) is 17.3. The Balaban J connectivity index is 1.58. The predicted octanol–water partition coefficient (Wildman–Crippen LogP) is 2.55. The number of aryl methyl sites for hydroxylation is 2. The molecule has 5 heteroatoms. The highest BCUT2D eigenvalue weighted by molar-refractivity contribution is 5.97. The van der Waals surface area contributed by atoms with Crippen molar-refractivity contribution in [2.75, 3.05) is 45.8 Å². The zero-order valence-electron chi connectivity index (χ0n) is 17.3. The average molecular weight is 372 g/mol. The highest BCUT2D eigenvalue weighted by Crippen LogP contribution is 2.24. The Hall–Kier alpha value is -1.72. The van der Waals surface area contributed by atoms with Crippen LogP contribution in [0.15, 0.2) is 6.07 Å². The molecule has 2 fully saturated rings. The number of ketones is 1. The topological polar surface area (TPSA) is 43.9 Å². The molecule has 0 radical (unpaired) electrons. The molecular formula is C22H33N3O2. The van der Waals surface area contributed by atoms with Crippen LogP contribution >= 0.6 is 0 Å². The van der Waals surface area contributed by atoms with Gasteiger partial charge in [0, 0.05) is 51.4 Å². The summed E-state index contributed by atoms with van der Waals surface area (Å²) in [6.07, 6.45) is 2.30. The van der Waals surface area contributed by atoms with Gasteiger partial charge in [-0.2, -0.15) is 0 Å². The highest BCUT2D eigenvalue weighted by atomic mass is 16.2. The first-order valence-corrected chi connectivity index (χ1v) is 10.2. The van der Waals surface area contributed by atoms with Gasteiger partial charge in [0.15, 0.2) is 5.78 Å². The monoisotopic (exact) mass is 371 g/mol. The lowest BCUT2D eigenvalue weighted by molar-refractivity contribution is -0.131. The first-order chi connectivity index (χ1) is 12.9. The molecule has 1 amide bonds. The standard InChI is InChI=1S/C22H33N3O2/c1-16-13-17(2)22(19(4)26)18(3)20(16)14-23-9-11-24(12-10-23)15-21(27)25-7-5-6-8-25/h13H,5-12,14-15H2,1-4H3. The molecule has 0 bridgehead atoms. The van der Waals surface area contributed by atoms with Crippen LogP contribution in [0.5, 0.6) is 0 Å². The summed E-state index contributed by atoms with van der Waals surface area (Å²) >= 11 is 0. The number of piperazine rings is 1. The maximum atomic E-state index is 12.3. The van der Waals surface area contributed by atoms with Gasteiger partial charge in [-0.25, -0.2) is 0 Å². The SMILES string of the molecule is CC(=O)c1c(C)cc(C)c(CN2CCN(CC(=O)N3CCCC3)CC2)c1C. The highest BCUT2D eigenvalue weighted by Gasteiger charge is 2.24. The van der Waals surface area contributed by atoms with Crippen molar-refractivity contribution in [3.8, 4) is 0 Å². The predicted molar refractivity (Wildman–Crippen MR) is 108 cm³/mol. The van der Waals surface area contributed by atoms with Gasteiger partial charge < -0.3 is 4.90 Å². The number of amides is 1. The number of carbonyl (C=O) groups excluding carboxylic acids is 2. The Labute approximate surface area is 163 Å². The second-order valence-corrected chi connectivity index (χ2v) is 8.19. The molecule has 0 aliphatic carbocycles. The summed E-state index contributed by atoms with van der Waals surface area (Å²) < 4.78 is 0. The number of benzene rings is 1. The van der Waals surface area contributed by atoms with E-state index in [0.29, 0.717) is 6.54 Å². The van der Waals surface area contributed by atoms with Gasteiger partial charge in [0.05, 0.1) is 6.54 Å². The minimum Gasteiger partial charge on any atom is -0.342 e. The molecule has 0 N–H and O–H groups in total. The van der Waals surface area contributed by atoms with Crippen molar-refractivity contribution in [3.05, 3.63) is 33.9 Å². The fourth-order valence-corrected chi connectivity index (χ4v) is 4.60. The number of hydrogen-bond acceptors (Lipinski definition) is 4. The van der Waals surface area contributed by atoms with Crippen LogP contribution in [0.3, 0.4) is 0 Å². The number of Topliss-reactive ketones (excluding diaryl/α,β-unsaturated/α-hetero) is 1. The maximum Gasteiger partial charge on any atom is 0.236 e. The van der Waals surface area contributed by atoms with Gasteiger partial charge in [-0.1, -0.05) is 6.07 Å². The number of carbonyl (C=O) groups is 2. The minimum absolute atomic E-state index is 0.150. The third kappa shape index (κ3) is 4.58. The third-order valence-electron chi connectivity index (χ3n) is 6.15. The first-order valence-electron chi connectivity index (χ1n) is 10.2. The number of hydrogen-bond donors (Lipinski definition) is 0. The lowest BCUT2D eigenvalue weighted by atomic mass is 9.91. The van der Waals surface area contributed by atoms with Gasteiger partial charge in [-0.3, -0.25) is 19.4 Å². The second-order valence-electron chi connectivity index (χ2n) is 8.19. The van der Waals surface area contributed by atoms with Crippen LogP contribution in [0.4, 0.5) is 0 Å². The van der Waals surface area contributed by atoms with E-state index in [1.165, 1.54) is 11.1 Å². The average Bonchev–Trinajstić information content (AvgIpc) is 3.14. The molecule has 0 atom stereocenters. The molecule has 2 aliphatic heterocycles. The quantitative estimate of drug-likeness (QED) is 0.746. The number of nitrogens with zero attached hydrogens (tertiary/aromatic N) is 3. The molecule has 2 saturated heterocycles. The summed E-state index contributed by atoms with van der Waals surface area (Å²) in [5, 5.41) is 0. The van der Waals surface area contributed by atoms with Crippen molar-refractivity contribution < 1.29 is 9.59 Å². The smallest absolute Gasteiger partial charge is 0.236 e. The fraction of sp³-hybridized carbons (Fsp3) is 0.636. The lowest BCUT2D eigenvalue weighted by Crippen LogP contribution is -2.49. The molecule has 2 heterocycles. The maximum absolute atomic E-state index is 12.3. The van der Waals surface area contributed by atoms with E-state index in [0.717, 1.165) is 75.3 Å². The Morgan fingerprint density at radius 2 is 1.48 bits per heavy atom. The van der Waals surface area contributed by atoms with E-state index >= 15 is 0 Å². The molecule has 27 heavy (non-hydrogen) atoms. The van der Waals surface area contributed by atoms with Crippen molar-refractivity contribution in [2.24, 2.45) is 0 Å². The summed E-state index contributed by atoms with van der Waals surface area (Å²) in [7, 11) is 0. The largest absolute Gasteiger partial charge is 0.342 e. The first kappa shape index (κ1) is 20.0. The molecule has 1 aromatic rings. The van der Waals surface area contributed by atoms with Crippen LogP contribution in [0.2, 0.25) is 0 Å². The molecule has 1 aromatic carbocycles. The van der Waals surface area contributed by atoms with Crippen molar-refractivity contribution in [3.63, 3.8) is 0 Å². The van der Waals surface area contributed by atoms with Crippen LogP contribution < -0.4 is 0 Å². The van der Waals surface area contributed by atoms with Crippen molar-refractivity contribution in [2.45, 2.75) is 47.1 Å². The van der Waals surface area contributed by atoms with E-state index in [1.54, 1.807) is 6.92 Å². The molecule has 0 aromatic heterocycles. The van der Waals surface area contributed by atoms with Gasteiger partial charge in [-0.15, -0.1) is 0 Å². The van der Waals surface area contributed by atoms with Crippen LogP contribution in [0.1, 0.15) is 52.4 Å². The van der Waals surface area contributed by atoms with Gasteiger partial charge in [0.1, 0.15) is 0 Å². The number of likely N-dealkylation sites (tertiary alicyclic amines) is 1. The van der Waals surface area contributed by atoms with Gasteiger partial charge in [0.2, 0.25) is 5.91 Å². The van der Waals surface area contributed by atoms with Crippen LogP contribution in [0, 0.1) is 20.8 Å². The molecule has 3 rings (SSSR count). The van der Waals surface area contributed by atoms with Crippen molar-refractivity contribution in [1.29, 1.82) is 0 Å². The van der Waals surface area contributed by atoms with E-state index in [4.69, 9.17) is 0 Å². The summed E-state index contributed by atoms with van der Waals surface area (Å²) in [5.74, 6) is 0.439. The zero-order chi connectivity index (χ0) is 19.6. The Bertz CT molecular complexity index is 715. The van der Waals surface area contributed by atoms with Crippen molar-refractivity contribution >= 4 is 11.7 Å². The van der Waals surface area contributed by atoms with Gasteiger partial charge in [0.25, 0.3) is 0 Å². The summed E-state index contributed by atoms with van der Waals surface area (Å²) in [6, 6.07) is 2.14. The summed E-state index contributed by atoms with van der Waals surface area (Å²) in [6.45, 7) is 15.0. The van der Waals surface area contributed by atoms with E-state index < -0.39 is 0 Å². The van der Waals surface area contributed by atoms with Gasteiger partial charge in [-0.05, 0) is 62.8 Å². The molecule has 5 nitrogen and oxygen atoms in total. The molecule has 148 valence electrons. The van der Waals surface area contributed by atoms with Gasteiger partial charge >= 0.3 is 0 Å². The molecular weight excluding hydrogens is 338 g/mol. The van der Waals surface area contributed by atoms with E-state index in [-0.39, 0.29) is 11.7 Å². The Morgan fingerprint density at radius 3 is 2.07 bits per heavy atom. The summed E-state index contributed by atoms with van der Waals surface area (Å²) in [4.78, 5) is 31.1. The van der Waals surface area contributed by atoms with Crippen LogP contribution in [0.25, 0.3) is 0 Å². The third-order valence-corrected chi connectivity index (χ3v) is 6.15. The second kappa shape index (κ2) is 8.53. The van der Waals surface area contributed by atoms with Crippen LogP contribution in [-0.2, 0) is 11.3 Å². The van der Waals surface area contributed by atoms with Crippen molar-refractivity contribution in [1.82, 2.24) is 14.7 Å². The normalized spacial score (nSPS) is 18.9.